The van der Waals surface area contributed by atoms with Crippen LogP contribution in [0.4, 0.5) is 23.0 Å². The predicted molar refractivity (Wildman–Crippen MR) is 315 cm³/mol. The van der Waals surface area contributed by atoms with Crippen molar-refractivity contribution < 1.29 is 0 Å². The van der Waals surface area contributed by atoms with Gasteiger partial charge in [0.05, 0.1) is 12.2 Å². The van der Waals surface area contributed by atoms with Gasteiger partial charge in [0.15, 0.2) is 5.82 Å². The highest BCUT2D eigenvalue weighted by molar-refractivity contribution is 5.68. The second kappa shape index (κ2) is 37.4. The summed E-state index contributed by atoms with van der Waals surface area (Å²) in [6, 6.07) is 27.9. The molecule has 0 aliphatic carbocycles. The molecular weight excluding hydrogens is 875 g/mol. The Balaban J connectivity index is 1.39. The summed E-state index contributed by atoms with van der Waals surface area (Å²) in [5, 5.41) is 4.79. The number of rotatable bonds is 42. The number of hydrogen-bond acceptors (Lipinski definition) is 5. The van der Waals surface area contributed by atoms with Crippen LogP contribution in [0.15, 0.2) is 109 Å². The van der Waals surface area contributed by atoms with E-state index in [1.165, 1.54) is 245 Å². The van der Waals surface area contributed by atoms with Crippen molar-refractivity contribution in [1.29, 1.82) is 0 Å². The Morgan fingerprint density at radius 1 is 0.389 bits per heavy atom. The summed E-state index contributed by atoms with van der Waals surface area (Å²) in [4.78, 5) is 12.8. The van der Waals surface area contributed by atoms with Crippen LogP contribution in [-0.2, 0) is 25.7 Å². The van der Waals surface area contributed by atoms with Crippen molar-refractivity contribution in [3.8, 4) is 0 Å². The van der Waals surface area contributed by atoms with Crippen LogP contribution in [0.25, 0.3) is 0 Å². The van der Waals surface area contributed by atoms with Crippen LogP contribution < -0.4 is 9.91 Å². The predicted octanol–water partition coefficient (Wildman–Crippen LogP) is 20.8. The Kier molecular flexibility index (Phi) is 30.4. The van der Waals surface area contributed by atoms with Crippen LogP contribution in [0, 0.1) is 0 Å². The van der Waals surface area contributed by atoms with E-state index in [9.17, 15) is 0 Å². The maximum Gasteiger partial charge on any atom is 0.152 e. The number of aryl methyl sites for hydroxylation is 4. The molecule has 3 heterocycles. The molecule has 2 aromatic heterocycles. The highest BCUT2D eigenvalue weighted by Crippen LogP contribution is 2.35. The SMILES string of the molecule is CCCCCCCCCCc1cccc(N(C2=CC=CN(N(c3cccc(CCCCCCCCCC)c3)c3cc(CCCCCCCCCC)ccn3)C2)c2cc(CCCCCCCCCC)ccn2)c1. The van der Waals surface area contributed by atoms with Crippen molar-refractivity contribution in [2.24, 2.45) is 0 Å². The molecule has 5 rings (SSSR count). The zero-order valence-electron chi connectivity index (χ0n) is 46.7. The zero-order chi connectivity index (χ0) is 50.5. The van der Waals surface area contributed by atoms with E-state index in [4.69, 9.17) is 9.97 Å². The maximum atomic E-state index is 5.17. The van der Waals surface area contributed by atoms with Crippen LogP contribution in [-0.4, -0.2) is 21.5 Å². The second-order valence-corrected chi connectivity index (χ2v) is 21.5. The summed E-state index contributed by atoms with van der Waals surface area (Å²) < 4.78 is 0. The molecule has 0 radical (unpaired) electrons. The number of hydrazine groups is 1. The third-order valence-electron chi connectivity index (χ3n) is 15.1. The normalized spacial score (nSPS) is 12.4. The molecule has 2 aromatic carbocycles. The lowest BCUT2D eigenvalue weighted by Crippen LogP contribution is -2.41. The smallest absolute Gasteiger partial charge is 0.152 e. The Bertz CT molecular complexity index is 1920. The molecule has 0 saturated carbocycles. The lowest BCUT2D eigenvalue weighted by atomic mass is 10.0. The van der Waals surface area contributed by atoms with Crippen LogP contribution in [0.3, 0.4) is 0 Å². The number of aromatic nitrogens is 2. The fourth-order valence-corrected chi connectivity index (χ4v) is 10.7. The molecule has 0 atom stereocenters. The quantitative estimate of drug-likeness (QED) is 0.0414. The number of allylic oxidation sites excluding steroid dienone is 2. The molecule has 0 bridgehead atoms. The van der Waals surface area contributed by atoms with Gasteiger partial charge < -0.3 is 0 Å². The van der Waals surface area contributed by atoms with Gasteiger partial charge in [0.25, 0.3) is 0 Å². The molecule has 0 spiro atoms. The first-order valence-electron chi connectivity index (χ1n) is 30.4. The summed E-state index contributed by atoms with van der Waals surface area (Å²) in [5.41, 5.74) is 9.12. The minimum absolute atomic E-state index is 0.675. The van der Waals surface area contributed by atoms with E-state index >= 15 is 0 Å². The Labute approximate surface area is 442 Å². The van der Waals surface area contributed by atoms with E-state index in [0.717, 1.165) is 37.3 Å². The van der Waals surface area contributed by atoms with Crippen molar-refractivity contribution in [3.05, 3.63) is 131 Å². The molecule has 0 unspecified atom stereocenters. The molecule has 0 saturated heterocycles. The Morgan fingerprint density at radius 2 is 0.750 bits per heavy atom. The minimum Gasteiger partial charge on any atom is -0.297 e. The fourth-order valence-electron chi connectivity index (χ4n) is 10.7. The highest BCUT2D eigenvalue weighted by Gasteiger charge is 2.25. The number of benzene rings is 2. The minimum atomic E-state index is 0.675. The van der Waals surface area contributed by atoms with Crippen molar-refractivity contribution in [2.75, 3.05) is 16.5 Å². The third kappa shape index (κ3) is 22.8. The average molecular weight is 979 g/mol. The topological polar surface area (TPSA) is 35.5 Å². The van der Waals surface area contributed by atoms with Crippen LogP contribution in [0.5, 0.6) is 0 Å². The van der Waals surface area contributed by atoms with Gasteiger partial charge >= 0.3 is 0 Å². The first kappa shape index (κ1) is 58.5. The van der Waals surface area contributed by atoms with Crippen LogP contribution >= 0.6 is 0 Å². The molecule has 396 valence electrons. The Hall–Kier alpha value is -4.38. The standard InChI is InChI=1S/C67H103N5/c1-5-9-13-17-21-25-29-33-40-59-44-37-46-63(54-59)71(66-56-61(49-51-68-66)42-35-31-27-23-19-15-11-7-3)65-48-39-53-70(58-65)72(64-47-38-45-60(55-64)41-34-30-26-22-18-14-10-6-2)67-57-62(50-52-69-67)43-36-32-28-24-20-16-12-8-4/h37-39,44-57H,5-36,40-43,58H2,1-4H3. The van der Waals surface area contributed by atoms with Crippen LogP contribution in [0.2, 0.25) is 0 Å². The van der Waals surface area contributed by atoms with Gasteiger partial charge in [0, 0.05) is 30.0 Å². The summed E-state index contributed by atoms with van der Waals surface area (Å²) >= 11 is 0. The molecule has 1 aliphatic heterocycles. The van der Waals surface area contributed by atoms with Crippen molar-refractivity contribution in [1.82, 2.24) is 15.0 Å². The van der Waals surface area contributed by atoms with Crippen LogP contribution in [0.1, 0.15) is 255 Å². The number of unbranched alkanes of at least 4 members (excludes halogenated alkanes) is 28. The third-order valence-corrected chi connectivity index (χ3v) is 15.1. The molecule has 5 nitrogen and oxygen atoms in total. The van der Waals surface area contributed by atoms with Gasteiger partial charge in [-0.25, -0.2) is 15.0 Å². The van der Waals surface area contributed by atoms with Gasteiger partial charge in [0.2, 0.25) is 0 Å². The van der Waals surface area contributed by atoms with Gasteiger partial charge in [0.1, 0.15) is 5.82 Å². The van der Waals surface area contributed by atoms with E-state index in [1.54, 1.807) is 0 Å². The number of pyridine rings is 2. The van der Waals surface area contributed by atoms with Crippen molar-refractivity contribution in [2.45, 2.75) is 259 Å². The Morgan fingerprint density at radius 3 is 1.19 bits per heavy atom. The largest absolute Gasteiger partial charge is 0.297 e. The molecule has 5 heteroatoms. The fraction of sp³-hybridized carbons (Fsp3) is 0.612. The van der Waals surface area contributed by atoms with E-state index < -0.39 is 0 Å². The van der Waals surface area contributed by atoms with E-state index in [-0.39, 0.29) is 0 Å². The van der Waals surface area contributed by atoms with Gasteiger partial charge in [-0.1, -0.05) is 232 Å². The monoisotopic (exact) mass is 978 g/mol. The van der Waals surface area contributed by atoms with E-state index in [0.29, 0.717) is 6.54 Å². The summed E-state index contributed by atoms with van der Waals surface area (Å²) in [6.07, 6.45) is 58.0. The highest BCUT2D eigenvalue weighted by atomic mass is 15.6. The van der Waals surface area contributed by atoms with Crippen molar-refractivity contribution in [3.63, 3.8) is 0 Å². The molecule has 72 heavy (non-hydrogen) atoms. The zero-order valence-corrected chi connectivity index (χ0v) is 46.7. The van der Waals surface area contributed by atoms with Gasteiger partial charge in [-0.2, -0.15) is 0 Å². The number of anilines is 4. The molecule has 0 amide bonds. The van der Waals surface area contributed by atoms with Gasteiger partial charge in [-0.05, 0) is 134 Å². The van der Waals surface area contributed by atoms with E-state index in [2.05, 4.69) is 140 Å². The summed E-state index contributed by atoms with van der Waals surface area (Å²) in [6.45, 7) is 9.90. The molecule has 1 aliphatic rings. The summed E-state index contributed by atoms with van der Waals surface area (Å²) in [7, 11) is 0. The maximum absolute atomic E-state index is 5.17. The molecule has 4 aromatic rings. The number of hydrogen-bond donors (Lipinski definition) is 0. The van der Waals surface area contributed by atoms with E-state index in [1.807, 2.05) is 6.20 Å². The molecular formula is C67H103N5. The van der Waals surface area contributed by atoms with Gasteiger partial charge in [-0.15, -0.1) is 0 Å². The summed E-state index contributed by atoms with van der Waals surface area (Å²) in [5.74, 6) is 1.98. The first-order valence-corrected chi connectivity index (χ1v) is 30.4. The molecule has 0 fully saturated rings. The lowest BCUT2D eigenvalue weighted by molar-refractivity contribution is 0.404. The van der Waals surface area contributed by atoms with Crippen molar-refractivity contribution >= 4 is 23.0 Å². The average Bonchev–Trinajstić information content (AvgIpc) is 3.40. The first-order chi connectivity index (χ1) is 35.6. The van der Waals surface area contributed by atoms with Gasteiger partial charge in [-0.3, -0.25) is 9.91 Å². The number of nitrogens with zero attached hydrogens (tertiary/aromatic N) is 5. The second-order valence-electron chi connectivity index (χ2n) is 21.5. The molecule has 0 N–H and O–H groups in total. The lowest BCUT2D eigenvalue weighted by Gasteiger charge is -2.39.